The highest BCUT2D eigenvalue weighted by atomic mass is 35.5. The fourth-order valence-corrected chi connectivity index (χ4v) is 2.54. The van der Waals surface area contributed by atoms with E-state index in [-0.39, 0.29) is 12.1 Å². The summed E-state index contributed by atoms with van der Waals surface area (Å²) in [6, 6.07) is 3.46. The first-order valence-corrected chi connectivity index (χ1v) is 7.61. The topological polar surface area (TPSA) is 70.6 Å². The Morgan fingerprint density at radius 1 is 1.48 bits per heavy atom. The van der Waals surface area contributed by atoms with Crippen LogP contribution >= 0.6 is 11.6 Å². The molecule has 1 atom stereocenters. The first-order valence-electron chi connectivity index (χ1n) is 7.24. The van der Waals surface area contributed by atoms with E-state index in [9.17, 15) is 9.90 Å². The van der Waals surface area contributed by atoms with Crippen molar-refractivity contribution in [3.8, 4) is 5.75 Å². The van der Waals surface area contributed by atoms with E-state index >= 15 is 0 Å². The number of hydrogen-bond donors (Lipinski definition) is 3. The average Bonchev–Trinajstić information content (AvgIpc) is 2.92. The van der Waals surface area contributed by atoms with E-state index in [1.807, 2.05) is 19.1 Å². The van der Waals surface area contributed by atoms with Crippen LogP contribution in [0.25, 0.3) is 0 Å². The summed E-state index contributed by atoms with van der Waals surface area (Å²) in [6.07, 6.45) is 1.73. The van der Waals surface area contributed by atoms with E-state index in [0.717, 1.165) is 23.3 Å². The van der Waals surface area contributed by atoms with Crippen LogP contribution in [-0.4, -0.2) is 30.4 Å². The molecule has 116 valence electrons. The third-order valence-electron chi connectivity index (χ3n) is 3.50. The molecule has 5 nitrogen and oxygen atoms in total. The van der Waals surface area contributed by atoms with Crippen molar-refractivity contribution in [3.05, 3.63) is 28.3 Å². The molecule has 0 aromatic heterocycles. The van der Waals surface area contributed by atoms with Crippen LogP contribution in [-0.2, 0) is 13.0 Å². The lowest BCUT2D eigenvalue weighted by molar-refractivity contribution is 0.160. The summed E-state index contributed by atoms with van der Waals surface area (Å²) in [5, 5.41) is 15.6. The maximum Gasteiger partial charge on any atom is 0.315 e. The highest BCUT2D eigenvalue weighted by Gasteiger charge is 2.17. The number of nitrogens with one attached hydrogen (secondary N) is 2. The Kier molecular flexibility index (Phi) is 5.70. The van der Waals surface area contributed by atoms with Crippen molar-refractivity contribution < 1.29 is 14.6 Å². The van der Waals surface area contributed by atoms with Gasteiger partial charge < -0.3 is 20.5 Å². The van der Waals surface area contributed by atoms with Gasteiger partial charge in [0, 0.05) is 30.1 Å². The predicted octanol–water partition coefficient (Wildman–Crippen LogP) is 2.24. The molecule has 2 rings (SSSR count). The molecule has 21 heavy (non-hydrogen) atoms. The summed E-state index contributed by atoms with van der Waals surface area (Å²) < 4.78 is 5.58. The van der Waals surface area contributed by atoms with Crippen LogP contribution in [0.4, 0.5) is 4.79 Å². The normalized spacial score (nSPS) is 14.2. The lowest BCUT2D eigenvalue weighted by atomic mass is 10.1. The van der Waals surface area contributed by atoms with Gasteiger partial charge in [-0.3, -0.25) is 0 Å². The molecule has 3 N–H and O–H groups in total. The third kappa shape index (κ3) is 4.51. The molecule has 0 radical (unpaired) electrons. The van der Waals surface area contributed by atoms with Gasteiger partial charge in [-0.15, -0.1) is 0 Å². The number of aliphatic hydroxyl groups excluding tert-OH is 1. The van der Waals surface area contributed by atoms with Gasteiger partial charge in [-0.25, -0.2) is 4.79 Å². The molecule has 0 aliphatic carbocycles. The van der Waals surface area contributed by atoms with Crippen molar-refractivity contribution >= 4 is 17.6 Å². The number of amides is 2. The molecule has 0 spiro atoms. The van der Waals surface area contributed by atoms with Gasteiger partial charge in [-0.1, -0.05) is 18.5 Å². The number of ether oxygens (including phenoxy) is 1. The lowest BCUT2D eigenvalue weighted by Gasteiger charge is -2.12. The van der Waals surface area contributed by atoms with Crippen LogP contribution in [0.2, 0.25) is 5.02 Å². The summed E-state index contributed by atoms with van der Waals surface area (Å²) in [7, 11) is 0. The van der Waals surface area contributed by atoms with Crippen LogP contribution in [0.15, 0.2) is 12.1 Å². The largest absolute Gasteiger partial charge is 0.493 e. The molecule has 1 aromatic carbocycles. The van der Waals surface area contributed by atoms with Crippen LogP contribution in [0.1, 0.15) is 30.9 Å². The van der Waals surface area contributed by atoms with Gasteiger partial charge in [0.15, 0.2) is 0 Å². The summed E-state index contributed by atoms with van der Waals surface area (Å²) in [4.78, 5) is 11.7. The summed E-state index contributed by atoms with van der Waals surface area (Å²) in [5.41, 5.74) is 1.98. The highest BCUT2D eigenvalue weighted by molar-refractivity contribution is 6.30. The van der Waals surface area contributed by atoms with Crippen molar-refractivity contribution in [3.63, 3.8) is 0 Å². The number of rotatable bonds is 6. The minimum Gasteiger partial charge on any atom is -0.493 e. The number of benzene rings is 1. The van der Waals surface area contributed by atoms with Gasteiger partial charge in [0.25, 0.3) is 0 Å². The molecule has 0 saturated carbocycles. The SMILES string of the molecule is CC[C@H](O)CCNC(=O)NCc1cc(Cl)cc2c1OCC2. The van der Waals surface area contributed by atoms with Crippen LogP contribution in [0.5, 0.6) is 5.75 Å². The number of aliphatic hydroxyl groups is 1. The number of carbonyl (C=O) groups is 1. The Morgan fingerprint density at radius 2 is 2.29 bits per heavy atom. The smallest absolute Gasteiger partial charge is 0.315 e. The van der Waals surface area contributed by atoms with E-state index < -0.39 is 0 Å². The summed E-state index contributed by atoms with van der Waals surface area (Å²) in [5.74, 6) is 0.834. The quantitative estimate of drug-likeness (QED) is 0.754. The molecular formula is C15H21ClN2O3. The Morgan fingerprint density at radius 3 is 3.05 bits per heavy atom. The number of fused-ring (bicyclic) bond motifs is 1. The van der Waals surface area contributed by atoms with Gasteiger partial charge in [0.05, 0.1) is 12.7 Å². The monoisotopic (exact) mass is 312 g/mol. The highest BCUT2D eigenvalue weighted by Crippen LogP contribution is 2.32. The molecule has 2 amide bonds. The zero-order valence-electron chi connectivity index (χ0n) is 12.1. The molecule has 1 heterocycles. The number of urea groups is 1. The molecule has 6 heteroatoms. The Hall–Kier alpha value is -1.46. The maximum atomic E-state index is 11.7. The van der Waals surface area contributed by atoms with Gasteiger partial charge in [-0.2, -0.15) is 0 Å². The van der Waals surface area contributed by atoms with Crippen molar-refractivity contribution in [2.24, 2.45) is 0 Å². The van der Waals surface area contributed by atoms with E-state index in [0.29, 0.717) is 37.6 Å². The number of halogens is 1. The zero-order chi connectivity index (χ0) is 15.2. The van der Waals surface area contributed by atoms with Crippen molar-refractivity contribution in [1.29, 1.82) is 0 Å². The second-order valence-corrected chi connectivity index (χ2v) is 5.55. The van der Waals surface area contributed by atoms with Gasteiger partial charge >= 0.3 is 6.03 Å². The van der Waals surface area contributed by atoms with Gasteiger partial charge in [-0.05, 0) is 30.5 Å². The number of hydrogen-bond acceptors (Lipinski definition) is 3. The molecule has 1 aliphatic heterocycles. The van der Waals surface area contributed by atoms with E-state index in [4.69, 9.17) is 16.3 Å². The summed E-state index contributed by atoms with van der Waals surface area (Å²) >= 11 is 6.07. The zero-order valence-corrected chi connectivity index (χ0v) is 12.9. The first kappa shape index (κ1) is 15.9. The molecule has 0 unspecified atom stereocenters. The second-order valence-electron chi connectivity index (χ2n) is 5.11. The van der Waals surface area contributed by atoms with Crippen LogP contribution < -0.4 is 15.4 Å². The molecule has 0 fully saturated rings. The molecule has 1 aromatic rings. The van der Waals surface area contributed by atoms with Gasteiger partial charge in [0.2, 0.25) is 0 Å². The van der Waals surface area contributed by atoms with Crippen molar-refractivity contribution in [1.82, 2.24) is 10.6 Å². The van der Waals surface area contributed by atoms with E-state index in [1.54, 1.807) is 0 Å². The van der Waals surface area contributed by atoms with E-state index in [2.05, 4.69) is 10.6 Å². The fraction of sp³-hybridized carbons (Fsp3) is 0.533. The van der Waals surface area contributed by atoms with Crippen molar-refractivity contribution in [2.45, 2.75) is 38.8 Å². The average molecular weight is 313 g/mol. The Labute approximate surface area is 129 Å². The predicted molar refractivity (Wildman–Crippen MR) is 81.8 cm³/mol. The molecule has 0 bridgehead atoms. The minimum absolute atomic E-state index is 0.259. The van der Waals surface area contributed by atoms with Crippen molar-refractivity contribution in [2.75, 3.05) is 13.2 Å². The first-order chi connectivity index (χ1) is 10.1. The maximum absolute atomic E-state index is 11.7. The second kappa shape index (κ2) is 7.52. The van der Waals surface area contributed by atoms with Crippen LogP contribution in [0, 0.1) is 0 Å². The minimum atomic E-state index is -0.366. The van der Waals surface area contributed by atoms with Gasteiger partial charge in [0.1, 0.15) is 5.75 Å². The number of carbonyl (C=O) groups excluding carboxylic acids is 1. The molecular weight excluding hydrogens is 292 g/mol. The Bertz CT molecular complexity index is 508. The van der Waals surface area contributed by atoms with Crippen LogP contribution in [0.3, 0.4) is 0 Å². The molecule has 0 saturated heterocycles. The third-order valence-corrected chi connectivity index (χ3v) is 3.72. The molecule has 1 aliphatic rings. The Balaban J connectivity index is 1.82. The van der Waals surface area contributed by atoms with E-state index in [1.165, 1.54) is 0 Å². The lowest BCUT2D eigenvalue weighted by Crippen LogP contribution is -2.36. The summed E-state index contributed by atoms with van der Waals surface area (Å²) in [6.45, 7) is 3.38. The standard InChI is InChI=1S/C15H21ClN2O3/c1-2-13(19)3-5-17-15(20)18-9-11-8-12(16)7-10-4-6-21-14(10)11/h7-8,13,19H,2-6,9H2,1H3,(H2,17,18,20)/t13-/m0/s1. The fourth-order valence-electron chi connectivity index (χ4n) is 2.27.